The van der Waals surface area contributed by atoms with Crippen LogP contribution in [0.2, 0.25) is 0 Å². The Balaban J connectivity index is 0.000000364. The molecule has 3 aromatic rings. The zero-order valence-corrected chi connectivity index (χ0v) is 19.7. The smallest absolute Gasteiger partial charge is 0.475 e. The third kappa shape index (κ3) is 5.57. The van der Waals surface area contributed by atoms with E-state index in [2.05, 4.69) is 69.4 Å². The van der Waals surface area contributed by atoms with Gasteiger partial charge in [0.15, 0.2) is 0 Å². The van der Waals surface area contributed by atoms with Crippen molar-refractivity contribution in [3.63, 3.8) is 0 Å². The summed E-state index contributed by atoms with van der Waals surface area (Å²) in [5.41, 5.74) is 5.09. The van der Waals surface area contributed by atoms with Crippen LogP contribution in [0.25, 0.3) is 11.3 Å². The largest absolute Gasteiger partial charge is 0.490 e. The van der Waals surface area contributed by atoms with Crippen LogP contribution in [-0.4, -0.2) is 73.1 Å². The number of aryl methyl sites for hydroxylation is 1. The molecule has 0 aliphatic carbocycles. The molecule has 35 heavy (non-hydrogen) atoms. The van der Waals surface area contributed by atoms with Gasteiger partial charge in [-0.15, -0.1) is 0 Å². The minimum Gasteiger partial charge on any atom is -0.475 e. The van der Waals surface area contributed by atoms with E-state index in [4.69, 9.17) is 14.9 Å². The van der Waals surface area contributed by atoms with Gasteiger partial charge in [0.05, 0.1) is 29.5 Å². The Morgan fingerprint density at radius 3 is 2.51 bits per heavy atom. The quantitative estimate of drug-likeness (QED) is 0.607. The number of fused-ring (bicyclic) bond motifs is 2. The highest BCUT2D eigenvalue weighted by Crippen LogP contribution is 2.38. The van der Waals surface area contributed by atoms with Crippen molar-refractivity contribution in [2.75, 3.05) is 26.7 Å². The number of aromatic nitrogens is 4. The molecule has 11 heteroatoms. The second kappa shape index (κ2) is 9.82. The number of nitrogens with zero attached hydrogens (tertiary/aromatic N) is 6. The molecule has 1 fully saturated rings. The van der Waals surface area contributed by atoms with E-state index in [0.29, 0.717) is 0 Å². The molecule has 0 amide bonds. The molecule has 2 aliphatic heterocycles. The van der Waals surface area contributed by atoms with Crippen LogP contribution in [-0.2, 0) is 30.5 Å². The summed E-state index contributed by atoms with van der Waals surface area (Å²) in [5, 5.41) is 11.5. The van der Waals surface area contributed by atoms with E-state index >= 15 is 0 Å². The fourth-order valence-electron chi connectivity index (χ4n) is 5.14. The summed E-state index contributed by atoms with van der Waals surface area (Å²) in [5.74, 6) is -2.76. The van der Waals surface area contributed by atoms with Crippen LogP contribution >= 0.6 is 0 Å². The molecule has 1 unspecified atom stereocenters. The van der Waals surface area contributed by atoms with E-state index in [1.54, 1.807) is 0 Å². The number of alkyl halides is 3. The van der Waals surface area contributed by atoms with Gasteiger partial charge in [-0.25, -0.2) is 9.78 Å². The Hall–Kier alpha value is -3.18. The molecule has 1 N–H and O–H groups in total. The molecule has 1 saturated heterocycles. The molecule has 1 spiro atoms. The van der Waals surface area contributed by atoms with Crippen LogP contribution in [0.3, 0.4) is 0 Å². The second-order valence-electron chi connectivity index (χ2n) is 9.31. The molecule has 1 aromatic carbocycles. The first-order chi connectivity index (χ1) is 16.6. The monoisotopic (exact) mass is 490 g/mol. The first kappa shape index (κ1) is 24.9. The van der Waals surface area contributed by atoms with Gasteiger partial charge in [0.25, 0.3) is 0 Å². The van der Waals surface area contributed by atoms with E-state index in [1.807, 2.05) is 17.9 Å². The number of likely N-dealkylation sites (tertiary alicyclic amines) is 1. The number of hydrogen-bond donors (Lipinski definition) is 1. The van der Waals surface area contributed by atoms with Crippen molar-refractivity contribution in [3.8, 4) is 11.3 Å². The standard InChI is InChI=1S/C22H28N6.C2HF3O2/c1-25-14-20-21(19-7-4-3-5-8-19)23-17-28(20)22(15-25)9-6-10-27(16-22)13-18-11-24-26(2)12-18;3-2(4,5)1(6)7/h3-5,7-8,11-12,17H,6,9-10,13-16H2,1-2H3;(H,6,7). The number of carboxylic acids is 1. The average Bonchev–Trinajstić information content (AvgIpc) is 3.40. The van der Waals surface area contributed by atoms with E-state index < -0.39 is 12.1 Å². The van der Waals surface area contributed by atoms with Crippen LogP contribution in [0.15, 0.2) is 49.1 Å². The summed E-state index contributed by atoms with van der Waals surface area (Å²) in [6.07, 6.45) is 3.55. The van der Waals surface area contributed by atoms with Gasteiger partial charge in [0.1, 0.15) is 0 Å². The normalized spacial score (nSPS) is 20.8. The summed E-state index contributed by atoms with van der Waals surface area (Å²) in [7, 11) is 4.23. The average molecular weight is 491 g/mol. The van der Waals surface area contributed by atoms with Crippen molar-refractivity contribution in [1.29, 1.82) is 0 Å². The maximum absolute atomic E-state index is 10.6. The number of piperidine rings is 1. The number of carbonyl (C=O) groups is 1. The minimum absolute atomic E-state index is 0.100. The summed E-state index contributed by atoms with van der Waals surface area (Å²) in [6, 6.07) is 10.6. The SMILES string of the molecule is CN1Cc2c(-c3ccccc3)ncn2C2(CCCN(Cc3cnn(C)c3)C2)C1.O=C(O)C(F)(F)F. The molecule has 0 radical (unpaired) electrons. The Morgan fingerprint density at radius 2 is 1.89 bits per heavy atom. The highest BCUT2D eigenvalue weighted by atomic mass is 19.4. The van der Waals surface area contributed by atoms with Gasteiger partial charge >= 0.3 is 12.1 Å². The number of carboxylic acid groups (broad SMARTS) is 1. The molecule has 2 aliphatic rings. The lowest BCUT2D eigenvalue weighted by molar-refractivity contribution is -0.192. The first-order valence-corrected chi connectivity index (χ1v) is 11.4. The fraction of sp³-hybridized carbons (Fsp3) is 0.458. The lowest BCUT2D eigenvalue weighted by Crippen LogP contribution is -2.57. The third-order valence-corrected chi connectivity index (χ3v) is 6.45. The van der Waals surface area contributed by atoms with Gasteiger partial charge in [0.2, 0.25) is 0 Å². The molecule has 2 aromatic heterocycles. The maximum atomic E-state index is 10.6. The van der Waals surface area contributed by atoms with Crippen LogP contribution in [0.4, 0.5) is 13.2 Å². The Kier molecular flexibility index (Phi) is 7.00. The molecule has 188 valence electrons. The second-order valence-corrected chi connectivity index (χ2v) is 9.31. The summed E-state index contributed by atoms with van der Waals surface area (Å²) >= 11 is 0. The van der Waals surface area contributed by atoms with Crippen molar-refractivity contribution in [1.82, 2.24) is 29.1 Å². The molecule has 8 nitrogen and oxygen atoms in total. The van der Waals surface area contributed by atoms with Gasteiger partial charge < -0.3 is 9.67 Å². The van der Waals surface area contributed by atoms with Gasteiger partial charge in [-0.2, -0.15) is 18.3 Å². The number of likely N-dealkylation sites (N-methyl/N-ethyl adjacent to an activating group) is 1. The van der Waals surface area contributed by atoms with Crippen LogP contribution in [0.1, 0.15) is 24.1 Å². The van der Waals surface area contributed by atoms with Crippen LogP contribution < -0.4 is 0 Å². The maximum Gasteiger partial charge on any atom is 0.490 e. The van der Waals surface area contributed by atoms with Crippen LogP contribution in [0.5, 0.6) is 0 Å². The van der Waals surface area contributed by atoms with Gasteiger partial charge in [-0.1, -0.05) is 30.3 Å². The predicted octanol–water partition coefficient (Wildman–Crippen LogP) is 3.35. The molecule has 0 saturated carbocycles. The highest BCUT2D eigenvalue weighted by Gasteiger charge is 2.43. The number of halogens is 3. The van der Waals surface area contributed by atoms with Crippen molar-refractivity contribution >= 4 is 5.97 Å². The zero-order valence-electron chi connectivity index (χ0n) is 19.7. The lowest BCUT2D eigenvalue weighted by Gasteiger charge is -2.49. The summed E-state index contributed by atoms with van der Waals surface area (Å²) in [6.45, 7) is 5.21. The van der Waals surface area contributed by atoms with Gasteiger partial charge in [-0.05, 0) is 26.4 Å². The van der Waals surface area contributed by atoms with Gasteiger partial charge in [0, 0.05) is 50.6 Å². The molecule has 1 atom stereocenters. The summed E-state index contributed by atoms with van der Waals surface area (Å²) in [4.78, 5) is 18.8. The molecular weight excluding hydrogens is 461 g/mol. The molecule has 0 bridgehead atoms. The topological polar surface area (TPSA) is 79.4 Å². The Bertz CT molecular complexity index is 1160. The minimum atomic E-state index is -5.08. The zero-order chi connectivity index (χ0) is 25.2. The molecule has 5 rings (SSSR count). The predicted molar refractivity (Wildman–Crippen MR) is 123 cm³/mol. The first-order valence-electron chi connectivity index (χ1n) is 11.4. The van der Waals surface area contributed by atoms with E-state index in [0.717, 1.165) is 38.4 Å². The third-order valence-electron chi connectivity index (χ3n) is 6.45. The molecular formula is C24H29F3N6O2. The van der Waals surface area contributed by atoms with Crippen molar-refractivity contribution in [2.24, 2.45) is 7.05 Å². The van der Waals surface area contributed by atoms with Crippen LogP contribution in [0, 0.1) is 0 Å². The van der Waals surface area contributed by atoms with E-state index in [1.165, 1.54) is 29.7 Å². The van der Waals surface area contributed by atoms with E-state index in [-0.39, 0.29) is 5.54 Å². The fourth-order valence-corrected chi connectivity index (χ4v) is 5.14. The number of benzene rings is 1. The van der Waals surface area contributed by atoms with Crippen molar-refractivity contribution in [2.45, 2.75) is 37.6 Å². The summed E-state index contributed by atoms with van der Waals surface area (Å²) < 4.78 is 36.1. The Labute approximate surface area is 201 Å². The van der Waals surface area contributed by atoms with Crippen molar-refractivity contribution < 1.29 is 23.1 Å². The number of imidazole rings is 1. The van der Waals surface area contributed by atoms with Crippen molar-refractivity contribution in [3.05, 3.63) is 60.3 Å². The van der Waals surface area contributed by atoms with Gasteiger partial charge in [-0.3, -0.25) is 14.5 Å². The highest BCUT2D eigenvalue weighted by molar-refractivity contribution is 5.73. The number of hydrogen-bond acceptors (Lipinski definition) is 5. The van der Waals surface area contributed by atoms with E-state index in [9.17, 15) is 13.2 Å². The molecule has 4 heterocycles. The lowest BCUT2D eigenvalue weighted by atomic mass is 9.85. The number of aliphatic carboxylic acids is 1. The number of rotatable bonds is 3. The Morgan fingerprint density at radius 1 is 1.17 bits per heavy atom.